The minimum Gasteiger partial charge on any atom is -0.335 e. The third-order valence-corrected chi connectivity index (χ3v) is 4.39. The SMILES string of the molecule is Nn1c(SCC(=O)N2CCCC2=O)nnc1-c1ccc(F)cc1. The summed E-state index contributed by atoms with van der Waals surface area (Å²) in [5.41, 5.74) is 0.620. The highest BCUT2D eigenvalue weighted by Gasteiger charge is 2.26. The van der Waals surface area contributed by atoms with Gasteiger partial charge in [0.25, 0.3) is 0 Å². The Morgan fingerprint density at radius 2 is 2.04 bits per heavy atom. The van der Waals surface area contributed by atoms with Crippen LogP contribution in [0.5, 0.6) is 0 Å². The maximum atomic E-state index is 12.9. The Bertz CT molecular complexity index is 746. The maximum absolute atomic E-state index is 12.9. The van der Waals surface area contributed by atoms with Crippen LogP contribution in [-0.4, -0.2) is 43.9 Å². The van der Waals surface area contributed by atoms with Crippen LogP contribution in [0.2, 0.25) is 0 Å². The molecule has 7 nitrogen and oxygen atoms in total. The summed E-state index contributed by atoms with van der Waals surface area (Å²) in [4.78, 5) is 24.8. The number of aromatic nitrogens is 3. The Balaban J connectivity index is 1.69. The first kappa shape index (κ1) is 15.5. The van der Waals surface area contributed by atoms with Crippen molar-refractivity contribution in [1.29, 1.82) is 0 Å². The molecule has 1 aliphatic heterocycles. The van der Waals surface area contributed by atoms with Crippen LogP contribution < -0.4 is 5.84 Å². The monoisotopic (exact) mass is 335 g/mol. The summed E-state index contributed by atoms with van der Waals surface area (Å²) in [5.74, 6) is 5.60. The van der Waals surface area contributed by atoms with Gasteiger partial charge in [-0.2, -0.15) is 0 Å². The third-order valence-electron chi connectivity index (χ3n) is 3.47. The van der Waals surface area contributed by atoms with E-state index < -0.39 is 0 Å². The summed E-state index contributed by atoms with van der Waals surface area (Å²) in [6.07, 6.45) is 1.12. The van der Waals surface area contributed by atoms with Crippen molar-refractivity contribution in [3.63, 3.8) is 0 Å². The number of nitrogens with two attached hydrogens (primary N) is 1. The van der Waals surface area contributed by atoms with Crippen LogP contribution in [0.25, 0.3) is 11.4 Å². The Labute approximate surface area is 135 Å². The lowest BCUT2D eigenvalue weighted by Gasteiger charge is -2.12. The van der Waals surface area contributed by atoms with Crippen LogP contribution in [-0.2, 0) is 9.59 Å². The molecule has 0 atom stereocenters. The van der Waals surface area contributed by atoms with Crippen molar-refractivity contribution in [2.45, 2.75) is 18.0 Å². The highest BCUT2D eigenvalue weighted by atomic mass is 32.2. The number of nitrogens with zero attached hydrogens (tertiary/aromatic N) is 4. The number of imide groups is 1. The second-order valence-electron chi connectivity index (χ2n) is 5.01. The van der Waals surface area contributed by atoms with Crippen molar-refractivity contribution < 1.29 is 14.0 Å². The molecule has 2 N–H and O–H groups in total. The number of halogens is 1. The van der Waals surface area contributed by atoms with E-state index in [1.165, 1.54) is 21.7 Å². The first-order valence-corrected chi connectivity index (χ1v) is 7.97. The number of hydrogen-bond donors (Lipinski definition) is 1. The molecule has 1 aromatic heterocycles. The van der Waals surface area contributed by atoms with Crippen molar-refractivity contribution >= 4 is 23.6 Å². The first-order valence-electron chi connectivity index (χ1n) is 6.98. The molecule has 0 radical (unpaired) electrons. The molecule has 23 heavy (non-hydrogen) atoms. The largest absolute Gasteiger partial charge is 0.335 e. The molecule has 2 heterocycles. The van der Waals surface area contributed by atoms with E-state index in [1.54, 1.807) is 12.1 Å². The number of hydrogen-bond acceptors (Lipinski definition) is 6. The molecule has 0 saturated carbocycles. The molecule has 2 amide bonds. The van der Waals surface area contributed by atoms with Gasteiger partial charge in [0, 0.05) is 18.5 Å². The number of carbonyl (C=O) groups is 2. The lowest BCUT2D eigenvalue weighted by atomic mass is 10.2. The molecule has 0 spiro atoms. The quantitative estimate of drug-likeness (QED) is 0.663. The van der Waals surface area contributed by atoms with Gasteiger partial charge in [-0.25, -0.2) is 9.07 Å². The van der Waals surface area contributed by atoms with E-state index in [-0.39, 0.29) is 23.4 Å². The number of amides is 2. The zero-order chi connectivity index (χ0) is 16.4. The smallest absolute Gasteiger partial charge is 0.239 e. The van der Waals surface area contributed by atoms with Crippen molar-refractivity contribution in [3.05, 3.63) is 30.1 Å². The highest BCUT2D eigenvalue weighted by molar-refractivity contribution is 7.99. The highest BCUT2D eigenvalue weighted by Crippen LogP contribution is 2.22. The van der Waals surface area contributed by atoms with Crippen LogP contribution in [0.3, 0.4) is 0 Å². The second kappa shape index (κ2) is 6.37. The number of carbonyl (C=O) groups excluding carboxylic acids is 2. The Hall–Kier alpha value is -2.42. The van der Waals surface area contributed by atoms with Gasteiger partial charge in [0.05, 0.1) is 5.75 Å². The molecule has 3 rings (SSSR count). The normalized spacial score (nSPS) is 14.5. The van der Waals surface area contributed by atoms with Crippen molar-refractivity contribution in [3.8, 4) is 11.4 Å². The molecule has 0 aliphatic carbocycles. The van der Waals surface area contributed by atoms with E-state index >= 15 is 0 Å². The van der Waals surface area contributed by atoms with Crippen molar-refractivity contribution in [2.75, 3.05) is 18.1 Å². The van der Waals surface area contributed by atoms with Gasteiger partial charge in [-0.15, -0.1) is 10.2 Å². The fraction of sp³-hybridized carbons (Fsp3) is 0.286. The Morgan fingerprint density at radius 3 is 2.70 bits per heavy atom. The van der Waals surface area contributed by atoms with Gasteiger partial charge in [-0.05, 0) is 30.7 Å². The average Bonchev–Trinajstić information content (AvgIpc) is 3.12. The summed E-state index contributed by atoms with van der Waals surface area (Å²) in [6, 6.07) is 5.70. The summed E-state index contributed by atoms with van der Waals surface area (Å²) in [6.45, 7) is 0.467. The zero-order valence-corrected chi connectivity index (χ0v) is 12.9. The van der Waals surface area contributed by atoms with E-state index in [1.807, 2.05) is 0 Å². The summed E-state index contributed by atoms with van der Waals surface area (Å²) < 4.78 is 14.2. The molecule has 120 valence electrons. The predicted octanol–water partition coefficient (Wildman–Crippen LogP) is 1.04. The van der Waals surface area contributed by atoms with Gasteiger partial charge in [0.2, 0.25) is 17.0 Å². The molecular weight excluding hydrogens is 321 g/mol. The molecule has 0 bridgehead atoms. The standard InChI is InChI=1S/C14H14FN5O2S/c15-10-5-3-9(4-6-10)13-17-18-14(20(13)16)23-8-12(22)19-7-1-2-11(19)21/h3-6H,1-2,7-8,16H2. The molecule has 9 heteroatoms. The molecule has 1 aromatic carbocycles. The zero-order valence-electron chi connectivity index (χ0n) is 12.1. The molecule has 1 aliphatic rings. The van der Waals surface area contributed by atoms with Crippen LogP contribution >= 0.6 is 11.8 Å². The van der Waals surface area contributed by atoms with E-state index in [9.17, 15) is 14.0 Å². The van der Waals surface area contributed by atoms with Gasteiger partial charge in [-0.1, -0.05) is 11.8 Å². The van der Waals surface area contributed by atoms with E-state index in [0.29, 0.717) is 35.9 Å². The Kier molecular flexibility index (Phi) is 4.28. The van der Waals surface area contributed by atoms with Crippen LogP contribution in [0.15, 0.2) is 29.4 Å². The topological polar surface area (TPSA) is 94.1 Å². The molecule has 0 unspecified atom stereocenters. The van der Waals surface area contributed by atoms with Crippen LogP contribution in [0.1, 0.15) is 12.8 Å². The minimum absolute atomic E-state index is 0.0600. The van der Waals surface area contributed by atoms with Gasteiger partial charge in [-0.3, -0.25) is 14.5 Å². The molecule has 2 aromatic rings. The first-order chi connectivity index (χ1) is 11.1. The molecule has 1 saturated heterocycles. The summed E-state index contributed by atoms with van der Waals surface area (Å²) >= 11 is 1.11. The third kappa shape index (κ3) is 3.19. The lowest BCUT2D eigenvalue weighted by Crippen LogP contribution is -2.33. The molecule has 1 fully saturated rings. The number of likely N-dealkylation sites (tertiary alicyclic amines) is 1. The fourth-order valence-electron chi connectivity index (χ4n) is 2.29. The number of thioether (sulfide) groups is 1. The lowest BCUT2D eigenvalue weighted by molar-refractivity contribution is -0.140. The van der Waals surface area contributed by atoms with E-state index in [0.717, 1.165) is 11.8 Å². The maximum Gasteiger partial charge on any atom is 0.239 e. The van der Waals surface area contributed by atoms with Gasteiger partial charge in [0.1, 0.15) is 5.82 Å². The molecular formula is C14H14FN5O2S. The minimum atomic E-state index is -0.354. The van der Waals surface area contributed by atoms with Gasteiger partial charge < -0.3 is 5.84 Å². The van der Waals surface area contributed by atoms with E-state index in [4.69, 9.17) is 5.84 Å². The van der Waals surface area contributed by atoms with Gasteiger partial charge >= 0.3 is 0 Å². The predicted molar refractivity (Wildman–Crippen MR) is 82.2 cm³/mol. The Morgan fingerprint density at radius 1 is 1.30 bits per heavy atom. The van der Waals surface area contributed by atoms with Crippen molar-refractivity contribution in [2.24, 2.45) is 0 Å². The number of benzene rings is 1. The van der Waals surface area contributed by atoms with Crippen LogP contribution in [0, 0.1) is 5.82 Å². The summed E-state index contributed by atoms with van der Waals surface area (Å²) in [7, 11) is 0. The van der Waals surface area contributed by atoms with Crippen molar-refractivity contribution in [1.82, 2.24) is 19.8 Å². The summed E-state index contributed by atoms with van der Waals surface area (Å²) in [5, 5.41) is 8.24. The number of nitrogen functional groups attached to an aromatic ring is 1. The fourth-order valence-corrected chi connectivity index (χ4v) is 3.02. The average molecular weight is 335 g/mol. The van der Waals surface area contributed by atoms with Gasteiger partial charge in [0.15, 0.2) is 5.82 Å². The van der Waals surface area contributed by atoms with Crippen LogP contribution in [0.4, 0.5) is 4.39 Å². The van der Waals surface area contributed by atoms with E-state index in [2.05, 4.69) is 10.2 Å². The number of rotatable bonds is 4. The second-order valence-corrected chi connectivity index (χ2v) is 5.96.